The molecule has 3 atom stereocenters. The summed E-state index contributed by atoms with van der Waals surface area (Å²) in [6, 6.07) is 0.312. The van der Waals surface area contributed by atoms with Crippen molar-refractivity contribution < 1.29 is 24.2 Å². The highest BCUT2D eigenvalue weighted by Crippen LogP contribution is 2.33. The zero-order chi connectivity index (χ0) is 14.5. The Morgan fingerprint density at radius 1 is 1.35 bits per heavy atom. The first-order chi connectivity index (χ1) is 9.56. The molecule has 2 fully saturated rings. The number of carbonyl (C=O) groups is 3. The van der Waals surface area contributed by atoms with Crippen molar-refractivity contribution in [3.05, 3.63) is 0 Å². The Labute approximate surface area is 120 Å². The van der Waals surface area contributed by atoms with Crippen molar-refractivity contribution >= 4 is 29.7 Å². The number of unbranched alkanes of at least 4 members (excludes halogenated alkanes) is 1. The van der Waals surface area contributed by atoms with Crippen LogP contribution in [0.4, 0.5) is 4.79 Å². The van der Waals surface area contributed by atoms with Crippen molar-refractivity contribution in [2.75, 3.05) is 12.4 Å². The fourth-order valence-electron chi connectivity index (χ4n) is 2.47. The molecule has 0 aromatic rings. The summed E-state index contributed by atoms with van der Waals surface area (Å²) in [5.41, 5.74) is 0. The highest BCUT2D eigenvalue weighted by molar-refractivity contribution is 8.00. The van der Waals surface area contributed by atoms with E-state index in [4.69, 9.17) is 5.11 Å². The zero-order valence-electron chi connectivity index (χ0n) is 11.0. The lowest BCUT2D eigenvalue weighted by Gasteiger charge is -2.16. The van der Waals surface area contributed by atoms with Crippen molar-refractivity contribution in [1.29, 1.82) is 0 Å². The van der Waals surface area contributed by atoms with Gasteiger partial charge in [0.25, 0.3) is 0 Å². The summed E-state index contributed by atoms with van der Waals surface area (Å²) >= 11 is 1.84. The number of amides is 2. The van der Waals surface area contributed by atoms with Crippen molar-refractivity contribution in [3.63, 3.8) is 0 Å². The van der Waals surface area contributed by atoms with Gasteiger partial charge < -0.3 is 20.5 Å². The highest BCUT2D eigenvalue weighted by Gasteiger charge is 2.42. The second-order valence-electron chi connectivity index (χ2n) is 4.92. The minimum Gasteiger partial charge on any atom is -0.479 e. The molecule has 0 aliphatic carbocycles. The Hall–Kier alpha value is -1.44. The Bertz CT molecular complexity index is 403. The fourth-order valence-corrected chi connectivity index (χ4v) is 4.02. The van der Waals surface area contributed by atoms with Gasteiger partial charge in [-0.15, -0.1) is 0 Å². The molecule has 20 heavy (non-hydrogen) atoms. The van der Waals surface area contributed by atoms with Crippen LogP contribution in [-0.4, -0.2) is 52.8 Å². The molecule has 2 aliphatic heterocycles. The Kier molecular flexibility index (Phi) is 5.11. The monoisotopic (exact) mass is 302 g/mol. The van der Waals surface area contributed by atoms with E-state index in [-0.39, 0.29) is 24.5 Å². The normalized spacial score (nSPS) is 27.6. The van der Waals surface area contributed by atoms with Crippen LogP contribution < -0.4 is 10.6 Å². The lowest BCUT2D eigenvalue weighted by Crippen LogP contribution is -2.36. The van der Waals surface area contributed by atoms with Gasteiger partial charge in [-0.3, -0.25) is 4.79 Å². The molecule has 112 valence electrons. The van der Waals surface area contributed by atoms with Gasteiger partial charge in [-0.2, -0.15) is 11.8 Å². The number of fused-ring (bicyclic) bond motifs is 1. The summed E-state index contributed by atoms with van der Waals surface area (Å²) in [6.45, 7) is -0.571. The maximum Gasteiger partial charge on any atom is 0.341 e. The van der Waals surface area contributed by atoms with E-state index < -0.39 is 18.5 Å². The van der Waals surface area contributed by atoms with Crippen LogP contribution in [0.2, 0.25) is 0 Å². The van der Waals surface area contributed by atoms with Crippen molar-refractivity contribution in [2.45, 2.75) is 43.0 Å². The first kappa shape index (κ1) is 15.0. The van der Waals surface area contributed by atoms with Crippen LogP contribution in [0.5, 0.6) is 0 Å². The molecule has 0 radical (unpaired) electrons. The Morgan fingerprint density at radius 2 is 2.15 bits per heavy atom. The first-order valence-corrected chi connectivity index (χ1v) is 7.67. The predicted octanol–water partition coefficient (Wildman–Crippen LogP) is 0.340. The first-order valence-electron chi connectivity index (χ1n) is 6.62. The number of esters is 1. The van der Waals surface area contributed by atoms with E-state index in [1.807, 2.05) is 11.8 Å². The SMILES string of the molecule is O=C(O)COC(=O)CCCC[C@H]1SC[C@H]2NC(=O)N[C@H]21. The van der Waals surface area contributed by atoms with Gasteiger partial charge in [0.2, 0.25) is 0 Å². The van der Waals surface area contributed by atoms with Gasteiger partial charge in [0.05, 0.1) is 12.1 Å². The van der Waals surface area contributed by atoms with E-state index in [0.29, 0.717) is 11.7 Å². The molecule has 0 aromatic heterocycles. The molecule has 7 nitrogen and oxygen atoms in total. The summed E-state index contributed by atoms with van der Waals surface area (Å²) < 4.78 is 4.55. The Balaban J connectivity index is 1.58. The van der Waals surface area contributed by atoms with Crippen LogP contribution in [0.15, 0.2) is 0 Å². The maximum atomic E-state index is 11.2. The molecule has 2 amide bonds. The largest absolute Gasteiger partial charge is 0.479 e. The maximum absolute atomic E-state index is 11.2. The number of hydrogen-bond donors (Lipinski definition) is 3. The molecule has 0 saturated carbocycles. The van der Waals surface area contributed by atoms with Crippen LogP contribution in [0.1, 0.15) is 25.7 Å². The molecule has 3 N–H and O–H groups in total. The summed E-state index contributed by atoms with van der Waals surface area (Å²) in [5, 5.41) is 14.6. The number of thioether (sulfide) groups is 1. The van der Waals surface area contributed by atoms with E-state index in [0.717, 1.165) is 18.6 Å². The summed E-state index contributed by atoms with van der Waals surface area (Å²) in [4.78, 5) is 32.6. The second kappa shape index (κ2) is 6.83. The van der Waals surface area contributed by atoms with Crippen LogP contribution >= 0.6 is 11.8 Å². The summed E-state index contributed by atoms with van der Waals surface area (Å²) in [5.74, 6) is -0.689. The summed E-state index contributed by atoms with van der Waals surface area (Å²) in [7, 11) is 0. The molecule has 0 bridgehead atoms. The average Bonchev–Trinajstić information content (AvgIpc) is 2.92. The average molecular weight is 302 g/mol. The lowest BCUT2D eigenvalue weighted by molar-refractivity contribution is -0.155. The molecule has 0 aromatic carbocycles. The number of aliphatic carboxylic acids is 1. The van der Waals surface area contributed by atoms with Crippen LogP contribution in [0.25, 0.3) is 0 Å². The van der Waals surface area contributed by atoms with Gasteiger partial charge in [0.1, 0.15) is 0 Å². The Morgan fingerprint density at radius 3 is 2.90 bits per heavy atom. The van der Waals surface area contributed by atoms with Crippen molar-refractivity contribution in [3.8, 4) is 0 Å². The molecular formula is C12H18N2O5S. The number of ether oxygens (including phenoxy) is 1. The lowest BCUT2D eigenvalue weighted by atomic mass is 10.0. The molecule has 2 rings (SSSR count). The van der Waals surface area contributed by atoms with E-state index >= 15 is 0 Å². The molecule has 2 saturated heterocycles. The van der Waals surface area contributed by atoms with E-state index in [1.54, 1.807) is 0 Å². The van der Waals surface area contributed by atoms with Gasteiger partial charge in [-0.1, -0.05) is 6.42 Å². The molecule has 8 heteroatoms. The predicted molar refractivity (Wildman–Crippen MR) is 72.6 cm³/mol. The number of nitrogens with one attached hydrogen (secondary N) is 2. The highest BCUT2D eigenvalue weighted by atomic mass is 32.2. The number of carboxylic acids is 1. The van der Waals surface area contributed by atoms with Crippen LogP contribution in [0, 0.1) is 0 Å². The quantitative estimate of drug-likeness (QED) is 0.356. The number of rotatable bonds is 7. The van der Waals surface area contributed by atoms with Gasteiger partial charge in [-0.05, 0) is 12.8 Å². The van der Waals surface area contributed by atoms with Crippen molar-refractivity contribution in [2.24, 2.45) is 0 Å². The third-order valence-electron chi connectivity index (χ3n) is 3.41. The van der Waals surface area contributed by atoms with E-state index in [1.165, 1.54) is 0 Å². The van der Waals surface area contributed by atoms with Gasteiger partial charge in [0.15, 0.2) is 6.61 Å². The number of carbonyl (C=O) groups excluding carboxylic acids is 2. The molecule has 2 aliphatic rings. The van der Waals surface area contributed by atoms with Crippen LogP contribution in [-0.2, 0) is 14.3 Å². The van der Waals surface area contributed by atoms with Gasteiger partial charge in [-0.25, -0.2) is 9.59 Å². The van der Waals surface area contributed by atoms with E-state index in [9.17, 15) is 14.4 Å². The third kappa shape index (κ3) is 4.03. The summed E-state index contributed by atoms with van der Waals surface area (Å²) in [6.07, 6.45) is 2.70. The van der Waals surface area contributed by atoms with Gasteiger partial charge in [0, 0.05) is 17.4 Å². The number of urea groups is 1. The smallest absolute Gasteiger partial charge is 0.341 e. The topological polar surface area (TPSA) is 105 Å². The van der Waals surface area contributed by atoms with Crippen molar-refractivity contribution in [1.82, 2.24) is 10.6 Å². The minimum atomic E-state index is -1.14. The van der Waals surface area contributed by atoms with Crippen LogP contribution in [0.3, 0.4) is 0 Å². The standard InChI is InChI=1S/C12H18N2O5S/c15-9(16)5-19-10(17)4-2-1-3-8-11-7(6-20-8)13-12(18)14-11/h7-8,11H,1-6H2,(H,15,16)(H2,13,14,18)/t7-,8-,11-/m1/s1. The number of carboxylic acid groups (broad SMARTS) is 1. The molecular weight excluding hydrogens is 284 g/mol. The number of hydrogen-bond acceptors (Lipinski definition) is 5. The molecule has 2 heterocycles. The fraction of sp³-hybridized carbons (Fsp3) is 0.750. The third-order valence-corrected chi connectivity index (χ3v) is 4.92. The zero-order valence-corrected chi connectivity index (χ0v) is 11.8. The second-order valence-corrected chi connectivity index (χ2v) is 6.19. The molecule has 0 unspecified atom stereocenters. The minimum absolute atomic E-state index is 0.0949. The molecule has 0 spiro atoms. The van der Waals surface area contributed by atoms with Gasteiger partial charge >= 0.3 is 18.0 Å². The van der Waals surface area contributed by atoms with E-state index in [2.05, 4.69) is 15.4 Å².